The number of amides is 2. The summed E-state index contributed by atoms with van der Waals surface area (Å²) in [5.41, 5.74) is 6.24. The third-order valence-electron chi connectivity index (χ3n) is 5.81. The fourth-order valence-corrected chi connectivity index (χ4v) is 4.96. The van der Waals surface area contributed by atoms with E-state index in [-0.39, 0.29) is 35.4 Å². The molecule has 0 aromatic heterocycles. The van der Waals surface area contributed by atoms with Crippen LogP contribution in [0.3, 0.4) is 0 Å². The van der Waals surface area contributed by atoms with E-state index < -0.39 is 48.8 Å². The summed E-state index contributed by atoms with van der Waals surface area (Å²) in [7, 11) is 1.44. The second kappa shape index (κ2) is 18.1. The number of thioether (sulfide) groups is 1. The SMILES string of the molecule is CCCCCC(CC(=O)CCc1ccc(O)c(OC)c1)SCC(NC(=O)CC(N)C(=O)O)C(=O)NCC(=O)O. The van der Waals surface area contributed by atoms with E-state index in [1.807, 2.05) is 0 Å². The summed E-state index contributed by atoms with van der Waals surface area (Å²) < 4.78 is 5.11. The molecule has 0 radical (unpaired) electrons. The van der Waals surface area contributed by atoms with Crippen LogP contribution >= 0.6 is 11.8 Å². The van der Waals surface area contributed by atoms with Crippen LogP contribution in [0, 0.1) is 0 Å². The molecule has 7 N–H and O–H groups in total. The number of hydrogen-bond donors (Lipinski definition) is 6. The largest absolute Gasteiger partial charge is 0.504 e. The highest BCUT2D eigenvalue weighted by Crippen LogP contribution is 2.27. The number of carboxylic acids is 2. The first kappa shape index (κ1) is 33.7. The van der Waals surface area contributed by atoms with Crippen LogP contribution in [0.15, 0.2) is 18.2 Å². The van der Waals surface area contributed by atoms with E-state index in [9.17, 15) is 29.1 Å². The zero-order chi connectivity index (χ0) is 29.4. The molecule has 1 rings (SSSR count). The van der Waals surface area contributed by atoms with Gasteiger partial charge < -0.3 is 36.4 Å². The number of methoxy groups -OCH3 is 1. The lowest BCUT2D eigenvalue weighted by Crippen LogP contribution is -2.50. The van der Waals surface area contributed by atoms with E-state index in [4.69, 9.17) is 20.7 Å². The van der Waals surface area contributed by atoms with Crippen molar-refractivity contribution in [3.05, 3.63) is 23.8 Å². The van der Waals surface area contributed by atoms with Crippen molar-refractivity contribution >= 4 is 41.3 Å². The second-order valence-corrected chi connectivity index (χ2v) is 10.4. The lowest BCUT2D eigenvalue weighted by atomic mass is 10.0. The van der Waals surface area contributed by atoms with Crippen LogP contribution < -0.4 is 21.1 Å². The molecule has 0 heterocycles. The highest BCUT2D eigenvalue weighted by Gasteiger charge is 2.26. The maximum atomic E-state index is 12.8. The molecule has 12 nitrogen and oxygen atoms in total. The lowest BCUT2D eigenvalue weighted by molar-refractivity contribution is -0.141. The van der Waals surface area contributed by atoms with E-state index in [0.717, 1.165) is 24.8 Å². The molecule has 0 bridgehead atoms. The molecule has 0 saturated heterocycles. The minimum Gasteiger partial charge on any atom is -0.504 e. The molecule has 13 heteroatoms. The molecule has 1 aromatic carbocycles. The molecule has 39 heavy (non-hydrogen) atoms. The van der Waals surface area contributed by atoms with Gasteiger partial charge >= 0.3 is 11.9 Å². The summed E-state index contributed by atoms with van der Waals surface area (Å²) in [4.78, 5) is 59.5. The average Bonchev–Trinajstić information content (AvgIpc) is 2.88. The normalized spacial score (nSPS) is 13.1. The molecule has 3 atom stereocenters. The summed E-state index contributed by atoms with van der Waals surface area (Å²) >= 11 is 1.32. The van der Waals surface area contributed by atoms with E-state index in [2.05, 4.69) is 17.6 Å². The number of aliphatic carboxylic acids is 2. The van der Waals surface area contributed by atoms with Crippen molar-refractivity contribution in [1.82, 2.24) is 10.6 Å². The van der Waals surface area contributed by atoms with Crippen molar-refractivity contribution in [3.63, 3.8) is 0 Å². The zero-order valence-corrected chi connectivity index (χ0v) is 23.1. The van der Waals surface area contributed by atoms with Crippen molar-refractivity contribution in [2.75, 3.05) is 19.4 Å². The van der Waals surface area contributed by atoms with Crippen LogP contribution in [0.4, 0.5) is 0 Å². The number of benzene rings is 1. The van der Waals surface area contributed by atoms with Crippen LogP contribution in [0.25, 0.3) is 0 Å². The quantitative estimate of drug-likeness (QED) is 0.124. The average molecular weight is 570 g/mol. The van der Waals surface area contributed by atoms with E-state index in [1.54, 1.807) is 12.1 Å². The van der Waals surface area contributed by atoms with Crippen LogP contribution in [0.5, 0.6) is 11.5 Å². The molecule has 0 aliphatic heterocycles. The zero-order valence-electron chi connectivity index (χ0n) is 22.3. The first-order chi connectivity index (χ1) is 18.5. The molecule has 0 aliphatic carbocycles. The smallest absolute Gasteiger partial charge is 0.322 e. The third-order valence-corrected chi connectivity index (χ3v) is 7.21. The van der Waals surface area contributed by atoms with E-state index in [0.29, 0.717) is 18.6 Å². The van der Waals surface area contributed by atoms with Gasteiger partial charge in [0.05, 0.1) is 13.5 Å². The topological polar surface area (TPSA) is 205 Å². The Morgan fingerprint density at radius 3 is 2.44 bits per heavy atom. The van der Waals surface area contributed by atoms with Crippen molar-refractivity contribution in [2.24, 2.45) is 5.73 Å². The highest BCUT2D eigenvalue weighted by molar-refractivity contribution is 8.00. The Labute approximate surface area is 232 Å². The number of carbonyl (C=O) groups is 5. The van der Waals surface area contributed by atoms with E-state index in [1.165, 1.54) is 24.9 Å². The van der Waals surface area contributed by atoms with Crippen LogP contribution in [-0.4, -0.2) is 81.6 Å². The Hall–Kier alpha value is -3.32. The predicted molar refractivity (Wildman–Crippen MR) is 146 cm³/mol. The number of phenols is 1. The summed E-state index contributed by atoms with van der Waals surface area (Å²) in [5, 5.41) is 32.1. The van der Waals surface area contributed by atoms with Crippen LogP contribution in [-0.2, 0) is 30.4 Å². The highest BCUT2D eigenvalue weighted by atomic mass is 32.2. The number of Topliss-reactive ketones (excluding diaryl/α,β-unsaturated/α-hetero) is 1. The number of aromatic hydroxyl groups is 1. The number of rotatable bonds is 20. The van der Waals surface area contributed by atoms with Gasteiger partial charge in [-0.05, 0) is 30.5 Å². The van der Waals surface area contributed by atoms with E-state index >= 15 is 0 Å². The van der Waals surface area contributed by atoms with Gasteiger partial charge in [-0.3, -0.25) is 24.0 Å². The molecule has 2 amide bonds. The molecular weight excluding hydrogens is 530 g/mol. The summed E-state index contributed by atoms with van der Waals surface area (Å²) in [6.07, 6.45) is 3.94. The minimum atomic E-state index is -1.45. The predicted octanol–water partition coefficient (Wildman–Crippen LogP) is 1.46. The third kappa shape index (κ3) is 13.9. The van der Waals surface area contributed by atoms with Crippen LogP contribution in [0.2, 0.25) is 0 Å². The van der Waals surface area contributed by atoms with Gasteiger partial charge in [-0.2, -0.15) is 11.8 Å². The summed E-state index contributed by atoms with van der Waals surface area (Å²) in [6, 6.07) is 2.31. The first-order valence-corrected chi connectivity index (χ1v) is 13.8. The molecule has 0 aliphatic rings. The van der Waals surface area contributed by atoms with Gasteiger partial charge in [0.2, 0.25) is 11.8 Å². The van der Waals surface area contributed by atoms with Gasteiger partial charge in [-0.25, -0.2) is 0 Å². The number of nitrogens with one attached hydrogen (secondary N) is 2. The fourth-order valence-electron chi connectivity index (χ4n) is 3.63. The molecule has 0 saturated carbocycles. The Balaban J connectivity index is 2.85. The number of ether oxygens (including phenoxy) is 1. The number of aryl methyl sites for hydroxylation is 1. The Kier molecular flexibility index (Phi) is 15.6. The Bertz CT molecular complexity index is 989. The molecule has 0 fully saturated rings. The van der Waals surface area contributed by atoms with Gasteiger partial charge in [0.1, 0.15) is 24.4 Å². The van der Waals surface area contributed by atoms with Gasteiger partial charge in [-0.15, -0.1) is 0 Å². The van der Waals surface area contributed by atoms with Gasteiger partial charge in [0, 0.05) is 23.8 Å². The molecule has 0 spiro atoms. The number of hydrogen-bond acceptors (Lipinski definition) is 9. The Morgan fingerprint density at radius 1 is 1.10 bits per heavy atom. The van der Waals surface area contributed by atoms with Gasteiger partial charge in [0.15, 0.2) is 11.5 Å². The number of phenolic OH excluding ortho intramolecular Hbond substituents is 1. The minimum absolute atomic E-state index is 0.0129. The van der Waals surface area contributed by atoms with Gasteiger partial charge in [0.25, 0.3) is 0 Å². The summed E-state index contributed by atoms with van der Waals surface area (Å²) in [6.45, 7) is 1.41. The number of ketones is 1. The second-order valence-electron chi connectivity index (χ2n) is 9.08. The molecule has 218 valence electrons. The molecule has 1 aromatic rings. The number of carboxylic acid groups (broad SMARTS) is 2. The van der Waals surface area contributed by atoms with Crippen LogP contribution in [0.1, 0.15) is 57.4 Å². The number of nitrogens with two attached hydrogens (primary N) is 1. The first-order valence-electron chi connectivity index (χ1n) is 12.7. The standard InChI is InChI=1S/C26H39N3O9S/c1-3-4-5-6-18(12-17(30)9-7-16-8-10-21(31)22(11-16)38-2)39-15-20(25(35)28-14-24(33)34)29-23(32)13-19(27)26(36)37/h8,10-11,18-20,31H,3-7,9,12-15,27H2,1-2H3,(H,28,35)(H,29,32)(H,33,34)(H,36,37). The van der Waals surface area contributed by atoms with Crippen molar-refractivity contribution in [2.45, 2.75) is 75.6 Å². The Morgan fingerprint density at radius 2 is 1.82 bits per heavy atom. The van der Waals surface area contributed by atoms with Crippen molar-refractivity contribution < 1.29 is 44.0 Å². The van der Waals surface area contributed by atoms with Crippen molar-refractivity contribution in [1.29, 1.82) is 0 Å². The summed E-state index contributed by atoms with van der Waals surface area (Å²) in [5.74, 6) is -3.72. The maximum absolute atomic E-state index is 12.8. The fraction of sp³-hybridized carbons (Fsp3) is 0.577. The number of carbonyl (C=O) groups excluding carboxylic acids is 3. The molecular formula is C26H39N3O9S. The lowest BCUT2D eigenvalue weighted by Gasteiger charge is -2.22. The number of unbranched alkanes of at least 4 members (excludes halogenated alkanes) is 2. The van der Waals surface area contributed by atoms with Gasteiger partial charge in [-0.1, -0.05) is 32.3 Å². The molecule has 3 unspecified atom stereocenters. The maximum Gasteiger partial charge on any atom is 0.322 e. The monoisotopic (exact) mass is 569 g/mol. The van der Waals surface area contributed by atoms with Crippen molar-refractivity contribution in [3.8, 4) is 11.5 Å².